The lowest BCUT2D eigenvalue weighted by molar-refractivity contribution is 0.591. The van der Waals surface area contributed by atoms with E-state index in [1.54, 1.807) is 0 Å². The second kappa shape index (κ2) is 4.34. The lowest BCUT2D eigenvalue weighted by Gasteiger charge is -2.20. The second-order valence-electron chi connectivity index (χ2n) is 6.30. The van der Waals surface area contributed by atoms with E-state index in [0.29, 0.717) is 5.92 Å². The maximum atomic E-state index is 4.65. The third-order valence-electron chi connectivity index (χ3n) is 3.29. The zero-order valence-corrected chi connectivity index (χ0v) is 12.2. The van der Waals surface area contributed by atoms with Gasteiger partial charge in [-0.05, 0) is 30.0 Å². The molecule has 0 radical (unpaired) electrons. The summed E-state index contributed by atoms with van der Waals surface area (Å²) in [4.78, 5) is 9.26. The summed E-state index contributed by atoms with van der Waals surface area (Å²) >= 11 is 0. The first-order chi connectivity index (χ1) is 8.29. The van der Waals surface area contributed by atoms with Crippen LogP contribution in [0.4, 0.5) is 0 Å². The fourth-order valence-corrected chi connectivity index (χ4v) is 2.03. The smallest absolute Gasteiger partial charge is 0.131 e. The largest absolute Gasteiger partial charge is 0.237 e. The predicted octanol–water partition coefficient (Wildman–Crippen LogP) is 4.36. The van der Waals surface area contributed by atoms with Crippen LogP contribution in [0.2, 0.25) is 0 Å². The highest BCUT2D eigenvalue weighted by molar-refractivity contribution is 5.81. The highest BCUT2D eigenvalue weighted by Gasteiger charge is 2.15. The number of hydrogen-bond acceptors (Lipinski definition) is 2. The Morgan fingerprint density at radius 2 is 1.72 bits per heavy atom. The van der Waals surface area contributed by atoms with Gasteiger partial charge in [-0.2, -0.15) is 0 Å². The predicted molar refractivity (Wildman–Crippen MR) is 77.1 cm³/mol. The van der Waals surface area contributed by atoms with Crippen molar-refractivity contribution in [1.29, 1.82) is 0 Å². The van der Waals surface area contributed by atoms with Crippen molar-refractivity contribution in [3.8, 4) is 0 Å². The van der Waals surface area contributed by atoms with Crippen LogP contribution in [0, 0.1) is 6.92 Å². The van der Waals surface area contributed by atoms with E-state index in [9.17, 15) is 0 Å². The summed E-state index contributed by atoms with van der Waals surface area (Å²) in [6.07, 6.45) is 0. The highest BCUT2D eigenvalue weighted by atomic mass is 14.9. The van der Waals surface area contributed by atoms with Crippen LogP contribution in [0.15, 0.2) is 18.2 Å². The van der Waals surface area contributed by atoms with Gasteiger partial charge in [-0.25, -0.2) is 9.97 Å². The Kier molecular flexibility index (Phi) is 3.14. The number of aromatic nitrogens is 2. The fourth-order valence-electron chi connectivity index (χ4n) is 2.03. The van der Waals surface area contributed by atoms with Crippen LogP contribution < -0.4 is 0 Å². The lowest BCUT2D eigenvalue weighted by atomic mass is 9.86. The summed E-state index contributed by atoms with van der Waals surface area (Å²) in [6, 6.07) is 6.53. The molecule has 0 spiro atoms. The van der Waals surface area contributed by atoms with E-state index in [1.165, 1.54) is 10.9 Å². The molecule has 1 aromatic carbocycles. The van der Waals surface area contributed by atoms with Gasteiger partial charge in [0.25, 0.3) is 0 Å². The van der Waals surface area contributed by atoms with E-state index in [0.717, 1.165) is 17.0 Å². The molecule has 96 valence electrons. The van der Waals surface area contributed by atoms with Crippen molar-refractivity contribution in [3.63, 3.8) is 0 Å². The number of fused-ring (bicyclic) bond motifs is 1. The van der Waals surface area contributed by atoms with Gasteiger partial charge < -0.3 is 0 Å². The lowest BCUT2D eigenvalue weighted by Crippen LogP contribution is -2.11. The number of rotatable bonds is 1. The molecule has 0 saturated heterocycles. The molecule has 0 N–H and O–H groups in total. The standard InChI is InChI=1S/C16H22N2/c1-10(2)15-17-11(3)13-9-12(16(4,5)6)7-8-14(13)18-15/h7-10H,1-6H3. The summed E-state index contributed by atoms with van der Waals surface area (Å²) in [7, 11) is 0. The molecule has 0 atom stereocenters. The third-order valence-corrected chi connectivity index (χ3v) is 3.29. The molecule has 1 aromatic heterocycles. The monoisotopic (exact) mass is 242 g/mol. The summed E-state index contributed by atoms with van der Waals surface area (Å²) in [5.74, 6) is 1.30. The van der Waals surface area contributed by atoms with Gasteiger partial charge in [-0.3, -0.25) is 0 Å². The average Bonchev–Trinajstić information content (AvgIpc) is 2.27. The zero-order chi connectivity index (χ0) is 13.5. The molecular weight excluding hydrogens is 220 g/mol. The van der Waals surface area contributed by atoms with Crippen molar-refractivity contribution < 1.29 is 0 Å². The Hall–Kier alpha value is -1.44. The highest BCUT2D eigenvalue weighted by Crippen LogP contribution is 2.27. The normalized spacial score (nSPS) is 12.4. The first kappa shape index (κ1) is 13.0. The molecule has 2 rings (SSSR count). The second-order valence-corrected chi connectivity index (χ2v) is 6.30. The van der Waals surface area contributed by atoms with Crippen LogP contribution in [-0.4, -0.2) is 9.97 Å². The Balaban J connectivity index is 2.66. The minimum atomic E-state index is 0.164. The van der Waals surface area contributed by atoms with E-state index in [2.05, 4.69) is 69.7 Å². The molecule has 0 aliphatic heterocycles. The van der Waals surface area contributed by atoms with Gasteiger partial charge in [0.2, 0.25) is 0 Å². The Morgan fingerprint density at radius 1 is 1.06 bits per heavy atom. The van der Waals surface area contributed by atoms with Crippen molar-refractivity contribution in [2.45, 2.75) is 52.9 Å². The Morgan fingerprint density at radius 3 is 2.28 bits per heavy atom. The molecule has 18 heavy (non-hydrogen) atoms. The molecule has 0 aliphatic carbocycles. The molecule has 0 aliphatic rings. The molecule has 0 fully saturated rings. The first-order valence-electron chi connectivity index (χ1n) is 6.58. The van der Waals surface area contributed by atoms with E-state index >= 15 is 0 Å². The average molecular weight is 242 g/mol. The van der Waals surface area contributed by atoms with E-state index in [1.807, 2.05) is 0 Å². The maximum Gasteiger partial charge on any atom is 0.131 e. The fraction of sp³-hybridized carbons (Fsp3) is 0.500. The van der Waals surface area contributed by atoms with Gasteiger partial charge in [0.15, 0.2) is 0 Å². The van der Waals surface area contributed by atoms with Gasteiger partial charge in [-0.1, -0.05) is 40.7 Å². The van der Waals surface area contributed by atoms with Crippen molar-refractivity contribution >= 4 is 10.9 Å². The van der Waals surface area contributed by atoms with Crippen LogP contribution in [0.1, 0.15) is 57.6 Å². The van der Waals surface area contributed by atoms with Gasteiger partial charge in [0.1, 0.15) is 5.82 Å². The third kappa shape index (κ3) is 2.38. The summed E-state index contributed by atoms with van der Waals surface area (Å²) in [6.45, 7) is 13.0. The molecule has 2 heteroatoms. The number of benzene rings is 1. The van der Waals surface area contributed by atoms with Gasteiger partial charge in [-0.15, -0.1) is 0 Å². The van der Waals surface area contributed by atoms with Crippen LogP contribution in [0.3, 0.4) is 0 Å². The molecular formula is C16H22N2. The minimum absolute atomic E-state index is 0.164. The van der Waals surface area contributed by atoms with Crippen molar-refractivity contribution in [1.82, 2.24) is 9.97 Å². The Bertz CT molecular complexity index is 577. The van der Waals surface area contributed by atoms with Crippen LogP contribution >= 0.6 is 0 Å². The molecule has 0 unspecified atom stereocenters. The Labute approximate surface area is 109 Å². The van der Waals surface area contributed by atoms with Crippen molar-refractivity contribution in [2.24, 2.45) is 0 Å². The summed E-state index contributed by atoms with van der Waals surface area (Å²) < 4.78 is 0. The maximum absolute atomic E-state index is 4.65. The zero-order valence-electron chi connectivity index (χ0n) is 12.2. The summed E-state index contributed by atoms with van der Waals surface area (Å²) in [5.41, 5.74) is 3.63. The SMILES string of the molecule is Cc1nc(C(C)C)nc2ccc(C(C)(C)C)cc12. The quantitative estimate of drug-likeness (QED) is 0.742. The van der Waals surface area contributed by atoms with Crippen LogP contribution in [-0.2, 0) is 5.41 Å². The van der Waals surface area contributed by atoms with E-state index in [-0.39, 0.29) is 5.41 Å². The van der Waals surface area contributed by atoms with Crippen molar-refractivity contribution in [3.05, 3.63) is 35.3 Å². The molecule has 0 amide bonds. The molecule has 2 nitrogen and oxygen atoms in total. The van der Waals surface area contributed by atoms with E-state index < -0.39 is 0 Å². The minimum Gasteiger partial charge on any atom is -0.237 e. The molecule has 2 aromatic rings. The number of nitrogens with zero attached hydrogens (tertiary/aromatic N) is 2. The number of hydrogen-bond donors (Lipinski definition) is 0. The topological polar surface area (TPSA) is 25.8 Å². The van der Waals surface area contributed by atoms with Gasteiger partial charge >= 0.3 is 0 Å². The van der Waals surface area contributed by atoms with E-state index in [4.69, 9.17) is 0 Å². The number of aryl methyl sites for hydroxylation is 1. The van der Waals surface area contributed by atoms with Crippen LogP contribution in [0.25, 0.3) is 10.9 Å². The van der Waals surface area contributed by atoms with Gasteiger partial charge in [0.05, 0.1) is 5.52 Å². The molecule has 0 bridgehead atoms. The molecule has 0 saturated carbocycles. The van der Waals surface area contributed by atoms with Crippen molar-refractivity contribution in [2.75, 3.05) is 0 Å². The summed E-state index contributed by atoms with van der Waals surface area (Å²) in [5, 5.41) is 1.17. The van der Waals surface area contributed by atoms with Crippen LogP contribution in [0.5, 0.6) is 0 Å². The first-order valence-corrected chi connectivity index (χ1v) is 6.58. The molecule has 1 heterocycles. The van der Waals surface area contributed by atoms with Gasteiger partial charge in [0, 0.05) is 17.0 Å².